The van der Waals surface area contributed by atoms with Crippen LogP contribution in [-0.4, -0.2) is 55.7 Å². The first-order chi connectivity index (χ1) is 16.6. The number of aryl methyl sites for hydroxylation is 1. The first-order valence-electron chi connectivity index (χ1n) is 11.5. The number of amides is 2. The molecule has 0 spiro atoms. The van der Waals surface area contributed by atoms with Gasteiger partial charge < -0.3 is 15.4 Å². The fraction of sp³-hybridized carbons (Fsp3) is 0.400. The van der Waals surface area contributed by atoms with Gasteiger partial charge in [0.1, 0.15) is 12.1 Å². The van der Waals surface area contributed by atoms with E-state index in [1.807, 2.05) is 6.92 Å². The minimum atomic E-state index is -3.87. The Bertz CT molecular complexity index is 1160. The molecule has 35 heavy (non-hydrogen) atoms. The molecule has 9 nitrogen and oxygen atoms in total. The maximum Gasteiger partial charge on any atom is 0.328 e. The molecule has 2 aromatic carbocycles. The highest BCUT2D eigenvalue weighted by molar-refractivity contribution is 7.89. The van der Waals surface area contributed by atoms with E-state index < -0.39 is 34.0 Å². The third kappa shape index (κ3) is 6.67. The Balaban J connectivity index is 1.76. The quantitative estimate of drug-likeness (QED) is 0.509. The van der Waals surface area contributed by atoms with Crippen molar-refractivity contribution in [1.82, 2.24) is 9.62 Å². The van der Waals surface area contributed by atoms with E-state index >= 15 is 0 Å². The van der Waals surface area contributed by atoms with Crippen molar-refractivity contribution in [3.63, 3.8) is 0 Å². The van der Waals surface area contributed by atoms with Gasteiger partial charge in [0.2, 0.25) is 21.8 Å². The van der Waals surface area contributed by atoms with E-state index in [1.165, 1.54) is 23.4 Å². The number of benzene rings is 2. The Morgan fingerprint density at radius 2 is 1.74 bits per heavy atom. The zero-order valence-corrected chi connectivity index (χ0v) is 20.9. The number of carbonyl (C=O) groups excluding carboxylic acids is 3. The smallest absolute Gasteiger partial charge is 0.328 e. The predicted molar refractivity (Wildman–Crippen MR) is 131 cm³/mol. The maximum absolute atomic E-state index is 13.2. The summed E-state index contributed by atoms with van der Waals surface area (Å²) in [6.07, 6.45) is 1.05. The molecule has 2 N–H and O–H groups in total. The van der Waals surface area contributed by atoms with Gasteiger partial charge in [-0.1, -0.05) is 29.8 Å². The van der Waals surface area contributed by atoms with E-state index in [0.29, 0.717) is 18.5 Å². The Kier molecular flexibility index (Phi) is 8.63. The van der Waals surface area contributed by atoms with Crippen LogP contribution in [0.15, 0.2) is 53.4 Å². The van der Waals surface area contributed by atoms with Crippen LogP contribution < -0.4 is 10.6 Å². The van der Waals surface area contributed by atoms with Gasteiger partial charge in [-0.2, -0.15) is 4.31 Å². The average Bonchev–Trinajstić information content (AvgIpc) is 3.31. The number of nitrogens with zero attached hydrogens (tertiary/aromatic N) is 1. The van der Waals surface area contributed by atoms with E-state index in [4.69, 9.17) is 4.74 Å². The molecule has 1 fully saturated rings. The molecule has 0 aliphatic carbocycles. The summed E-state index contributed by atoms with van der Waals surface area (Å²) in [5, 5.41) is 5.38. The maximum atomic E-state index is 13.2. The Hall–Kier alpha value is -3.24. The van der Waals surface area contributed by atoms with Crippen LogP contribution in [-0.2, 0) is 35.6 Å². The molecule has 1 aliphatic heterocycles. The highest BCUT2D eigenvalue weighted by atomic mass is 32.2. The number of anilines is 1. The molecule has 2 amide bonds. The third-order valence-electron chi connectivity index (χ3n) is 5.74. The molecule has 3 rings (SSSR count). The van der Waals surface area contributed by atoms with Crippen LogP contribution >= 0.6 is 0 Å². The largest absolute Gasteiger partial charge is 0.464 e. The number of nitrogens with one attached hydrogen (secondary N) is 2. The molecule has 1 heterocycles. The van der Waals surface area contributed by atoms with Gasteiger partial charge >= 0.3 is 5.97 Å². The van der Waals surface area contributed by atoms with Gasteiger partial charge in [0.05, 0.1) is 11.5 Å². The molecule has 0 bridgehead atoms. The third-order valence-corrected chi connectivity index (χ3v) is 7.66. The van der Waals surface area contributed by atoms with Crippen molar-refractivity contribution in [2.75, 3.05) is 18.5 Å². The minimum Gasteiger partial charge on any atom is -0.464 e. The van der Waals surface area contributed by atoms with Gasteiger partial charge in [0, 0.05) is 25.6 Å². The average molecular weight is 502 g/mol. The van der Waals surface area contributed by atoms with E-state index in [2.05, 4.69) is 10.6 Å². The molecule has 0 radical (unpaired) electrons. The highest BCUT2D eigenvalue weighted by Gasteiger charge is 2.40. The van der Waals surface area contributed by atoms with Crippen molar-refractivity contribution in [3.8, 4) is 0 Å². The summed E-state index contributed by atoms with van der Waals surface area (Å²) < 4.78 is 32.8. The van der Waals surface area contributed by atoms with Crippen molar-refractivity contribution in [2.24, 2.45) is 0 Å². The number of sulfonamides is 1. The summed E-state index contributed by atoms with van der Waals surface area (Å²) in [5.74, 6) is -1.33. The van der Waals surface area contributed by atoms with Crippen molar-refractivity contribution in [3.05, 3.63) is 59.7 Å². The lowest BCUT2D eigenvalue weighted by Gasteiger charge is -2.25. The standard InChI is InChI=1S/C25H31N3O6S/c1-4-34-25(31)22(16-19-9-11-20(12-10-19)26-18(3)29)27-24(30)23-6-5-15-28(23)35(32,33)21-13-7-17(2)8-14-21/h7-14,22-23H,4-6,15-16H2,1-3H3,(H,26,29)(H,27,30)/t22-,23-/m0/s1. The first-order valence-corrected chi connectivity index (χ1v) is 13.0. The molecular formula is C25H31N3O6S. The molecule has 1 saturated heterocycles. The number of hydrogen-bond acceptors (Lipinski definition) is 6. The first kappa shape index (κ1) is 26.4. The lowest BCUT2D eigenvalue weighted by atomic mass is 10.0. The van der Waals surface area contributed by atoms with Gasteiger partial charge in [-0.3, -0.25) is 9.59 Å². The summed E-state index contributed by atoms with van der Waals surface area (Å²) >= 11 is 0. The van der Waals surface area contributed by atoms with Crippen LogP contribution in [0, 0.1) is 6.92 Å². The predicted octanol–water partition coefficient (Wildman–Crippen LogP) is 2.40. The summed E-state index contributed by atoms with van der Waals surface area (Å²) in [5.41, 5.74) is 2.29. The van der Waals surface area contributed by atoms with Crippen LogP contribution in [0.25, 0.3) is 0 Å². The summed E-state index contributed by atoms with van der Waals surface area (Å²) in [6.45, 7) is 5.32. The monoisotopic (exact) mass is 501 g/mol. The molecule has 0 unspecified atom stereocenters. The van der Waals surface area contributed by atoms with E-state index in [-0.39, 0.29) is 30.4 Å². The molecule has 0 saturated carbocycles. The Morgan fingerprint density at radius 1 is 1.09 bits per heavy atom. The molecule has 0 aromatic heterocycles. The van der Waals surface area contributed by atoms with Crippen molar-refractivity contribution >= 4 is 33.5 Å². The fourth-order valence-electron chi connectivity index (χ4n) is 4.00. The topological polar surface area (TPSA) is 122 Å². The summed E-state index contributed by atoms with van der Waals surface area (Å²) in [6, 6.07) is 11.5. The molecular weight excluding hydrogens is 470 g/mol. The number of carbonyl (C=O) groups is 3. The van der Waals surface area contributed by atoms with Crippen LogP contribution in [0.2, 0.25) is 0 Å². The van der Waals surface area contributed by atoms with Gasteiger partial charge in [0.25, 0.3) is 0 Å². The zero-order valence-electron chi connectivity index (χ0n) is 20.1. The minimum absolute atomic E-state index is 0.129. The molecule has 2 atom stereocenters. The second-order valence-corrected chi connectivity index (χ2v) is 10.4. The molecule has 2 aromatic rings. The molecule has 188 valence electrons. The van der Waals surface area contributed by atoms with Crippen LogP contribution in [0.4, 0.5) is 5.69 Å². The second kappa shape index (κ2) is 11.5. The lowest BCUT2D eigenvalue weighted by Crippen LogP contribution is -2.51. The van der Waals surface area contributed by atoms with Crippen molar-refractivity contribution in [2.45, 2.75) is 57.0 Å². The Labute approximate surface area is 205 Å². The molecule has 10 heteroatoms. The number of hydrogen-bond donors (Lipinski definition) is 2. The van der Waals surface area contributed by atoms with Crippen LogP contribution in [0.1, 0.15) is 37.8 Å². The molecule has 1 aliphatic rings. The van der Waals surface area contributed by atoms with Gasteiger partial charge in [-0.05, 0) is 56.5 Å². The number of rotatable bonds is 9. The number of esters is 1. The van der Waals surface area contributed by atoms with E-state index in [9.17, 15) is 22.8 Å². The van der Waals surface area contributed by atoms with Crippen molar-refractivity contribution < 1.29 is 27.5 Å². The summed E-state index contributed by atoms with van der Waals surface area (Å²) in [7, 11) is -3.87. The summed E-state index contributed by atoms with van der Waals surface area (Å²) in [4.78, 5) is 37.2. The zero-order chi connectivity index (χ0) is 25.6. The van der Waals surface area contributed by atoms with Gasteiger partial charge in [-0.25, -0.2) is 13.2 Å². The van der Waals surface area contributed by atoms with Crippen LogP contribution in [0.3, 0.4) is 0 Å². The number of ether oxygens (including phenoxy) is 1. The highest BCUT2D eigenvalue weighted by Crippen LogP contribution is 2.26. The lowest BCUT2D eigenvalue weighted by molar-refractivity contribution is -0.147. The van der Waals surface area contributed by atoms with Crippen LogP contribution in [0.5, 0.6) is 0 Å². The van der Waals surface area contributed by atoms with E-state index in [1.54, 1.807) is 43.3 Å². The SMILES string of the molecule is CCOC(=O)[C@H](Cc1ccc(NC(C)=O)cc1)NC(=O)[C@@H]1CCCN1S(=O)(=O)c1ccc(C)cc1. The van der Waals surface area contributed by atoms with Gasteiger partial charge in [-0.15, -0.1) is 0 Å². The van der Waals surface area contributed by atoms with E-state index in [0.717, 1.165) is 11.1 Å². The Morgan fingerprint density at radius 3 is 2.34 bits per heavy atom. The normalized spacial score (nSPS) is 16.9. The fourth-order valence-corrected chi connectivity index (χ4v) is 5.66. The van der Waals surface area contributed by atoms with Crippen molar-refractivity contribution in [1.29, 1.82) is 0 Å². The van der Waals surface area contributed by atoms with Gasteiger partial charge in [0.15, 0.2) is 0 Å². The second-order valence-electron chi connectivity index (χ2n) is 8.48.